The van der Waals surface area contributed by atoms with E-state index in [2.05, 4.69) is 0 Å². The van der Waals surface area contributed by atoms with E-state index in [1.165, 1.54) is 6.92 Å². The molecule has 0 radical (unpaired) electrons. The van der Waals surface area contributed by atoms with E-state index in [-0.39, 0.29) is 72.7 Å². The van der Waals surface area contributed by atoms with Crippen molar-refractivity contribution in [3.63, 3.8) is 0 Å². The summed E-state index contributed by atoms with van der Waals surface area (Å²) in [6, 6.07) is 93.4. The van der Waals surface area contributed by atoms with Gasteiger partial charge >= 0.3 is 5.97 Å². The Hall–Kier alpha value is -9.65. The van der Waals surface area contributed by atoms with Gasteiger partial charge in [0.2, 0.25) is 0 Å². The molecule has 109 heavy (non-hydrogen) atoms. The van der Waals surface area contributed by atoms with Crippen molar-refractivity contribution in [2.75, 3.05) is 34.0 Å². The zero-order chi connectivity index (χ0) is 74.6. The van der Waals surface area contributed by atoms with Gasteiger partial charge in [0.05, 0.1) is 67.1 Å². The maximum Gasteiger partial charge on any atom is 0.302 e. The second-order valence-electron chi connectivity index (χ2n) is 26.7. The first-order valence-electron chi connectivity index (χ1n) is 36.9. The molecule has 3 saturated heterocycles. The van der Waals surface area contributed by atoms with E-state index >= 15 is 0 Å². The van der Waals surface area contributed by atoms with E-state index in [1.807, 2.05) is 291 Å². The van der Waals surface area contributed by atoms with Crippen molar-refractivity contribution in [2.45, 2.75) is 152 Å². The lowest BCUT2D eigenvalue weighted by Crippen LogP contribution is -2.68. The molecule has 10 aromatic carbocycles. The highest BCUT2D eigenvalue weighted by molar-refractivity contribution is 5.65. The van der Waals surface area contributed by atoms with Crippen LogP contribution in [0.1, 0.15) is 51.4 Å². The minimum atomic E-state index is -1.39. The fourth-order valence-electron chi connectivity index (χ4n) is 13.3. The largest absolute Gasteiger partial charge is 0.497 e. The topological polar surface area (TPSA) is 183 Å². The molecule has 0 unspecified atom stereocenters. The SMILES string of the molecule is COc1ccc(OC[C@H]2O[C@@H](OCc3ccccc3)[C@H](OCc3ccccc3)[C@@H](OCc3ccccc3)[C@H]2O[C@H]2O[C@H](COc3ccc(OC)cc3)[C@H](O[C@H]3O[C@H](COC(C)=O)[C@H](OCc4ccccc4)[C@H](OCc4ccccc4)[C@H]3OCc3ccccc3)[C@H](OCc3ccccc3)[C@H]2OCc2ccccc2)cc1. The number of hydrogen-bond donors (Lipinski definition) is 0. The van der Waals surface area contributed by atoms with Gasteiger partial charge in [-0.2, -0.15) is 0 Å². The van der Waals surface area contributed by atoms with Crippen LogP contribution in [0.4, 0.5) is 0 Å². The predicted octanol–water partition coefficient (Wildman–Crippen LogP) is 15.0. The van der Waals surface area contributed by atoms with Gasteiger partial charge in [-0.05, 0) is 93.0 Å². The quantitative estimate of drug-likeness (QED) is 0.0333. The summed E-state index contributed by atoms with van der Waals surface area (Å²) in [6.45, 7) is 1.70. The Labute approximate surface area is 637 Å². The maximum absolute atomic E-state index is 13.1. The van der Waals surface area contributed by atoms with Crippen LogP contribution in [0.15, 0.2) is 291 Å². The Balaban J connectivity index is 0.956. The summed E-state index contributed by atoms with van der Waals surface area (Å²) in [7, 11) is 3.22. The first-order valence-corrected chi connectivity index (χ1v) is 36.9. The number of methoxy groups -OCH3 is 2. The van der Waals surface area contributed by atoms with Gasteiger partial charge < -0.3 is 85.3 Å². The fourth-order valence-corrected chi connectivity index (χ4v) is 13.3. The number of benzene rings is 10. The molecule has 0 aliphatic carbocycles. The molecular weight excluding hydrogens is 1380 g/mol. The van der Waals surface area contributed by atoms with Crippen molar-refractivity contribution in [2.24, 2.45) is 0 Å². The van der Waals surface area contributed by atoms with Gasteiger partial charge in [-0.25, -0.2) is 0 Å². The molecule has 19 heteroatoms. The number of ether oxygens (including phenoxy) is 18. The van der Waals surface area contributed by atoms with Crippen LogP contribution in [0.25, 0.3) is 0 Å². The van der Waals surface area contributed by atoms with Gasteiger partial charge in [0.1, 0.15) is 116 Å². The Morgan fingerprint density at radius 3 is 0.771 bits per heavy atom. The van der Waals surface area contributed by atoms with Crippen LogP contribution < -0.4 is 18.9 Å². The molecule has 3 heterocycles. The van der Waals surface area contributed by atoms with Crippen LogP contribution >= 0.6 is 0 Å². The van der Waals surface area contributed by atoms with E-state index in [9.17, 15) is 4.79 Å². The summed E-state index contributed by atoms with van der Waals surface area (Å²) < 4.78 is 127. The highest BCUT2D eigenvalue weighted by Gasteiger charge is 2.58. The predicted molar refractivity (Wildman–Crippen MR) is 406 cm³/mol. The molecule has 0 spiro atoms. The van der Waals surface area contributed by atoms with Crippen molar-refractivity contribution < 1.29 is 90.1 Å². The molecule has 3 aliphatic heterocycles. The number of hydrogen-bond acceptors (Lipinski definition) is 19. The summed E-state index contributed by atoms with van der Waals surface area (Å²) in [4.78, 5) is 13.1. The minimum Gasteiger partial charge on any atom is -0.497 e. The molecule has 0 amide bonds. The lowest BCUT2D eigenvalue weighted by molar-refractivity contribution is -0.393. The van der Waals surface area contributed by atoms with Gasteiger partial charge in [-0.1, -0.05) is 243 Å². The number of carbonyl (C=O) groups excluding carboxylic acids is 1. The minimum absolute atomic E-state index is 0.0417. The number of carbonyl (C=O) groups is 1. The molecule has 3 fully saturated rings. The van der Waals surface area contributed by atoms with Crippen LogP contribution in [0.3, 0.4) is 0 Å². The van der Waals surface area contributed by atoms with E-state index < -0.39 is 98.1 Å². The first-order chi connectivity index (χ1) is 53.7. The third-order valence-electron chi connectivity index (χ3n) is 19.0. The standard InChI is InChI=1S/C90H94O19/c1-63(91)94-60-76-79(97-52-64-28-12-4-13-29-64)82(98-53-65-30-14-5-15-31-65)86(102-57-69-38-22-9-23-39-69)89(106-76)109-81-78(62-96-75-50-46-73(93-3)47-51-75)107-90(87(103-58-70-40-24-10-25-41-70)84(81)100-55-67-34-18-7-19-35-67)108-80-77(61-95-74-48-44-72(92-2)45-49-74)105-88(104-59-71-42-26-11-27-43-71)85(101-56-68-36-20-8-21-37-68)83(80)99-54-66-32-16-6-17-33-66/h4-51,76-90H,52-62H2,1-3H3/t76-,77-,78-,79+,80+,81+,82+,83+,84+,85-,86-,87-,88-,89-,90-/m1/s1. The third-order valence-corrected chi connectivity index (χ3v) is 19.0. The summed E-state index contributed by atoms with van der Waals surface area (Å²) in [5.41, 5.74) is 7.03. The van der Waals surface area contributed by atoms with Crippen LogP contribution in [-0.4, -0.2) is 132 Å². The molecule has 19 nitrogen and oxygen atoms in total. The normalized spacial score (nSPS) is 24.0. The van der Waals surface area contributed by atoms with E-state index in [0.717, 1.165) is 44.5 Å². The van der Waals surface area contributed by atoms with Crippen LogP contribution in [0.2, 0.25) is 0 Å². The van der Waals surface area contributed by atoms with E-state index in [1.54, 1.807) is 14.2 Å². The number of esters is 1. The summed E-state index contributed by atoms with van der Waals surface area (Å²) >= 11 is 0. The molecule has 568 valence electrons. The summed E-state index contributed by atoms with van der Waals surface area (Å²) in [5, 5.41) is 0. The van der Waals surface area contributed by atoms with Crippen molar-refractivity contribution in [3.05, 3.63) is 336 Å². The van der Waals surface area contributed by atoms with Crippen molar-refractivity contribution >= 4 is 5.97 Å². The first kappa shape index (κ1) is 77.5. The summed E-state index contributed by atoms with van der Waals surface area (Å²) in [6.07, 6.45) is -16.6. The second-order valence-corrected chi connectivity index (χ2v) is 26.7. The molecule has 15 atom stereocenters. The molecule has 0 saturated carbocycles. The van der Waals surface area contributed by atoms with Crippen LogP contribution in [0.5, 0.6) is 23.0 Å². The lowest BCUT2D eigenvalue weighted by atomic mass is 9.95. The molecule has 0 aromatic heterocycles. The van der Waals surface area contributed by atoms with Crippen molar-refractivity contribution in [3.8, 4) is 23.0 Å². The Morgan fingerprint density at radius 2 is 0.486 bits per heavy atom. The fraction of sp³-hybridized carbons (Fsp3) is 0.322. The molecule has 10 aromatic rings. The van der Waals surface area contributed by atoms with E-state index in [4.69, 9.17) is 85.3 Å². The smallest absolute Gasteiger partial charge is 0.302 e. The van der Waals surface area contributed by atoms with Gasteiger partial charge in [-0.15, -0.1) is 0 Å². The van der Waals surface area contributed by atoms with Gasteiger partial charge in [-0.3, -0.25) is 4.79 Å². The maximum atomic E-state index is 13.1. The average Bonchev–Trinajstić information content (AvgIpc) is 0.767. The average molecular weight is 1480 g/mol. The molecule has 0 bridgehead atoms. The van der Waals surface area contributed by atoms with Gasteiger partial charge in [0.25, 0.3) is 0 Å². The Bertz CT molecular complexity index is 4200. The summed E-state index contributed by atoms with van der Waals surface area (Å²) in [5.74, 6) is 1.77. The molecular formula is C90H94O19. The molecule has 13 rings (SSSR count). The molecule has 3 aliphatic rings. The monoisotopic (exact) mass is 1480 g/mol. The lowest BCUT2D eigenvalue weighted by Gasteiger charge is -2.51. The van der Waals surface area contributed by atoms with Crippen LogP contribution in [-0.2, 0) is 124 Å². The second kappa shape index (κ2) is 40.7. The zero-order valence-electron chi connectivity index (χ0n) is 61.4. The zero-order valence-corrected chi connectivity index (χ0v) is 61.4. The van der Waals surface area contributed by atoms with Gasteiger partial charge in [0.15, 0.2) is 18.9 Å². The van der Waals surface area contributed by atoms with E-state index in [0.29, 0.717) is 23.0 Å². The third kappa shape index (κ3) is 22.5. The van der Waals surface area contributed by atoms with Crippen molar-refractivity contribution in [1.82, 2.24) is 0 Å². The highest BCUT2D eigenvalue weighted by atomic mass is 16.8. The van der Waals surface area contributed by atoms with Crippen molar-refractivity contribution in [1.29, 1.82) is 0 Å². The highest BCUT2D eigenvalue weighted by Crippen LogP contribution is 2.41. The number of rotatable bonds is 38. The molecule has 0 N–H and O–H groups in total. The Kier molecular flexibility index (Phi) is 28.9. The van der Waals surface area contributed by atoms with Crippen LogP contribution in [0, 0.1) is 0 Å². The Morgan fingerprint density at radius 1 is 0.257 bits per heavy atom. The van der Waals surface area contributed by atoms with Gasteiger partial charge in [0, 0.05) is 6.92 Å².